The first-order valence-electron chi connectivity index (χ1n) is 9.91. The molecular formula is C23H25BrN2O3. The van der Waals surface area contributed by atoms with Gasteiger partial charge in [-0.15, -0.1) is 0 Å². The highest BCUT2D eigenvalue weighted by molar-refractivity contribution is 9.09. The average Bonchev–Trinajstić information content (AvgIpc) is 2.77. The van der Waals surface area contributed by atoms with Crippen LogP contribution in [0, 0.1) is 5.92 Å². The minimum absolute atomic E-state index is 0.0179. The molecule has 1 unspecified atom stereocenters. The van der Waals surface area contributed by atoms with E-state index in [0.29, 0.717) is 36.1 Å². The predicted octanol–water partition coefficient (Wildman–Crippen LogP) is 4.79. The fourth-order valence-electron chi connectivity index (χ4n) is 3.87. The summed E-state index contributed by atoms with van der Waals surface area (Å²) in [6.45, 7) is 2.10. The second kappa shape index (κ2) is 8.91. The largest absolute Gasteiger partial charge is 0.493 e. The zero-order valence-corrected chi connectivity index (χ0v) is 18.1. The molecule has 2 bridgehead atoms. The lowest BCUT2D eigenvalue weighted by Gasteiger charge is -2.35. The van der Waals surface area contributed by atoms with Crippen LogP contribution in [0.3, 0.4) is 0 Å². The summed E-state index contributed by atoms with van der Waals surface area (Å²) in [6, 6.07) is 14.0. The molecule has 2 aliphatic heterocycles. The van der Waals surface area contributed by atoms with Crippen molar-refractivity contribution in [3.63, 3.8) is 0 Å². The van der Waals surface area contributed by atoms with Gasteiger partial charge in [-0.2, -0.15) is 0 Å². The Morgan fingerprint density at radius 3 is 2.79 bits per heavy atom. The zero-order chi connectivity index (χ0) is 20.2. The monoisotopic (exact) mass is 456 g/mol. The lowest BCUT2D eigenvalue weighted by atomic mass is 9.90. The molecule has 4 rings (SSSR count). The molecule has 0 saturated heterocycles. The number of ether oxygens (including phenoxy) is 2. The van der Waals surface area contributed by atoms with Gasteiger partial charge in [0.25, 0.3) is 5.91 Å². The van der Waals surface area contributed by atoms with Gasteiger partial charge in [-0.1, -0.05) is 46.3 Å². The summed E-state index contributed by atoms with van der Waals surface area (Å²) in [5, 5.41) is 4.36. The number of amides is 1. The summed E-state index contributed by atoms with van der Waals surface area (Å²) in [5.41, 5.74) is 3.78. The van der Waals surface area contributed by atoms with E-state index in [-0.39, 0.29) is 5.91 Å². The maximum Gasteiger partial charge on any atom is 0.260 e. The molecule has 6 heteroatoms. The standard InChI is InChI=1S/C23H25BrN2O3/c1-28-21-11-19-20(12-22(21)29-9-5-8-24)25-13-16-10-18(15-26(14-16)23(19)27)17-6-3-2-4-7-17/h2-4,6-7,11-12,15-16,25H,5,8-10,13-14H2,1H3. The maximum absolute atomic E-state index is 13.4. The molecule has 0 radical (unpaired) electrons. The maximum atomic E-state index is 13.4. The minimum Gasteiger partial charge on any atom is -0.493 e. The Morgan fingerprint density at radius 1 is 1.21 bits per heavy atom. The number of benzene rings is 2. The number of halogens is 1. The Bertz CT molecular complexity index is 914. The van der Waals surface area contributed by atoms with Gasteiger partial charge in [-0.3, -0.25) is 4.79 Å². The molecule has 1 N–H and O–H groups in total. The quantitative estimate of drug-likeness (QED) is 0.501. The van der Waals surface area contributed by atoms with Gasteiger partial charge in [0.15, 0.2) is 11.5 Å². The first-order chi connectivity index (χ1) is 14.2. The van der Waals surface area contributed by atoms with Crippen LogP contribution in [0.1, 0.15) is 28.8 Å². The second-order valence-electron chi connectivity index (χ2n) is 7.37. The fraction of sp³-hybridized carbons (Fsp3) is 0.348. The summed E-state index contributed by atoms with van der Waals surface area (Å²) >= 11 is 3.42. The third-order valence-corrected chi connectivity index (χ3v) is 5.89. The van der Waals surface area contributed by atoms with Crippen LogP contribution in [0.5, 0.6) is 11.5 Å². The van der Waals surface area contributed by atoms with Gasteiger partial charge in [0.2, 0.25) is 0 Å². The number of hydrogen-bond acceptors (Lipinski definition) is 4. The Labute approximate surface area is 179 Å². The summed E-state index contributed by atoms with van der Waals surface area (Å²) < 4.78 is 11.4. The highest BCUT2D eigenvalue weighted by atomic mass is 79.9. The first kappa shape index (κ1) is 19.8. The van der Waals surface area contributed by atoms with Crippen molar-refractivity contribution in [2.75, 3.05) is 37.5 Å². The molecule has 0 aliphatic carbocycles. The Morgan fingerprint density at radius 2 is 2.03 bits per heavy atom. The van der Waals surface area contributed by atoms with Gasteiger partial charge in [0.1, 0.15) is 0 Å². The lowest BCUT2D eigenvalue weighted by molar-refractivity contribution is 0.0795. The van der Waals surface area contributed by atoms with Crippen LogP contribution in [-0.4, -0.2) is 42.9 Å². The summed E-state index contributed by atoms with van der Waals surface area (Å²) in [6.07, 6.45) is 3.85. The molecule has 2 aromatic rings. The number of carbonyl (C=O) groups excluding carboxylic acids is 1. The predicted molar refractivity (Wildman–Crippen MR) is 119 cm³/mol. The van der Waals surface area contributed by atoms with Crippen LogP contribution < -0.4 is 14.8 Å². The minimum atomic E-state index is -0.0179. The number of nitrogens with zero attached hydrogens (tertiary/aromatic N) is 1. The normalized spacial score (nSPS) is 18.1. The van der Waals surface area contributed by atoms with Crippen LogP contribution in [-0.2, 0) is 0 Å². The van der Waals surface area contributed by atoms with E-state index in [9.17, 15) is 4.79 Å². The number of fused-ring (bicyclic) bond motifs is 3. The number of alkyl halides is 1. The molecule has 1 amide bonds. The van der Waals surface area contributed by atoms with Crippen LogP contribution in [0.2, 0.25) is 0 Å². The molecule has 1 atom stereocenters. The van der Waals surface area contributed by atoms with Crippen LogP contribution in [0.4, 0.5) is 5.69 Å². The summed E-state index contributed by atoms with van der Waals surface area (Å²) in [4.78, 5) is 15.2. The van der Waals surface area contributed by atoms with Crippen LogP contribution in [0.25, 0.3) is 5.57 Å². The van der Waals surface area contributed by atoms with Crippen molar-refractivity contribution in [1.29, 1.82) is 0 Å². The lowest BCUT2D eigenvalue weighted by Crippen LogP contribution is -2.39. The topological polar surface area (TPSA) is 50.8 Å². The van der Waals surface area contributed by atoms with E-state index in [1.54, 1.807) is 13.2 Å². The number of nitrogens with one attached hydrogen (secondary N) is 1. The zero-order valence-electron chi connectivity index (χ0n) is 16.5. The Kier molecular flexibility index (Phi) is 6.09. The highest BCUT2D eigenvalue weighted by Crippen LogP contribution is 2.38. The number of allylic oxidation sites excluding steroid dienone is 1. The van der Waals surface area contributed by atoms with E-state index in [4.69, 9.17) is 9.47 Å². The third kappa shape index (κ3) is 4.27. The second-order valence-corrected chi connectivity index (χ2v) is 8.16. The van der Waals surface area contributed by atoms with Gasteiger partial charge in [-0.25, -0.2) is 0 Å². The molecule has 2 aliphatic rings. The Balaban J connectivity index is 1.68. The van der Waals surface area contributed by atoms with E-state index in [0.717, 1.165) is 30.4 Å². The molecule has 2 aromatic carbocycles. The van der Waals surface area contributed by atoms with Crippen LogP contribution in [0.15, 0.2) is 48.7 Å². The number of carbonyl (C=O) groups is 1. The molecule has 2 heterocycles. The molecule has 0 aromatic heterocycles. The summed E-state index contributed by atoms with van der Waals surface area (Å²) in [5.74, 6) is 1.58. The molecule has 0 saturated carbocycles. The van der Waals surface area contributed by atoms with Crippen molar-refractivity contribution >= 4 is 33.1 Å². The first-order valence-corrected chi connectivity index (χ1v) is 11.0. The van der Waals surface area contributed by atoms with Gasteiger partial charge in [0, 0.05) is 30.7 Å². The van der Waals surface area contributed by atoms with Gasteiger partial charge >= 0.3 is 0 Å². The molecule has 0 spiro atoms. The molecule has 152 valence electrons. The van der Waals surface area contributed by atoms with Crippen molar-refractivity contribution in [2.24, 2.45) is 5.92 Å². The van der Waals surface area contributed by atoms with E-state index < -0.39 is 0 Å². The Hall–Kier alpha value is -2.47. The molecule has 5 nitrogen and oxygen atoms in total. The number of rotatable bonds is 6. The molecular weight excluding hydrogens is 432 g/mol. The van der Waals surface area contributed by atoms with Crippen molar-refractivity contribution in [2.45, 2.75) is 12.8 Å². The number of anilines is 1. The third-order valence-electron chi connectivity index (χ3n) is 5.33. The van der Waals surface area contributed by atoms with Crippen LogP contribution >= 0.6 is 15.9 Å². The van der Waals surface area contributed by atoms with Gasteiger partial charge < -0.3 is 19.7 Å². The van der Waals surface area contributed by atoms with Crippen molar-refractivity contribution in [1.82, 2.24) is 4.90 Å². The summed E-state index contributed by atoms with van der Waals surface area (Å²) in [7, 11) is 1.60. The van der Waals surface area contributed by atoms with E-state index >= 15 is 0 Å². The number of hydrogen-bond donors (Lipinski definition) is 1. The van der Waals surface area contributed by atoms with Crippen molar-refractivity contribution in [3.05, 3.63) is 59.8 Å². The van der Waals surface area contributed by atoms with Gasteiger partial charge in [-0.05, 0) is 36.0 Å². The highest BCUT2D eigenvalue weighted by Gasteiger charge is 2.30. The SMILES string of the molecule is COc1cc2c(cc1OCCCBr)NCC1CC(c3ccccc3)=CN(C1)C2=O. The number of methoxy groups -OCH3 is 1. The van der Waals surface area contributed by atoms with E-state index in [1.807, 2.05) is 35.4 Å². The van der Waals surface area contributed by atoms with Gasteiger partial charge in [0.05, 0.1) is 25.0 Å². The van der Waals surface area contributed by atoms with E-state index in [1.165, 1.54) is 11.1 Å². The molecule has 29 heavy (non-hydrogen) atoms. The van der Waals surface area contributed by atoms with Crippen molar-refractivity contribution in [3.8, 4) is 11.5 Å². The van der Waals surface area contributed by atoms with E-state index in [2.05, 4.69) is 33.4 Å². The fourth-order valence-corrected chi connectivity index (χ4v) is 4.10. The molecule has 0 fully saturated rings. The smallest absolute Gasteiger partial charge is 0.260 e. The average molecular weight is 457 g/mol. The van der Waals surface area contributed by atoms with Crippen molar-refractivity contribution < 1.29 is 14.3 Å².